The molecule has 0 aromatic rings. The summed E-state index contributed by atoms with van der Waals surface area (Å²) in [5.74, 6) is 0. The Morgan fingerprint density at radius 2 is 1.75 bits per heavy atom. The zero-order valence-electron chi connectivity index (χ0n) is 8.25. The van der Waals surface area contributed by atoms with Gasteiger partial charge < -0.3 is 8.85 Å². The lowest BCUT2D eigenvalue weighted by Crippen LogP contribution is -2.23. The summed E-state index contributed by atoms with van der Waals surface area (Å²) in [5, 5.41) is 0.459. The van der Waals surface area contributed by atoms with Gasteiger partial charge in [-0.2, -0.15) is 12.6 Å². The molecule has 0 saturated carbocycles. The van der Waals surface area contributed by atoms with Gasteiger partial charge >= 0.3 is 9.28 Å². The molecule has 74 valence electrons. The molecular formula is C8H20O2SSi. The highest BCUT2D eigenvalue weighted by atomic mass is 32.1. The molecule has 0 aromatic heterocycles. The van der Waals surface area contributed by atoms with Crippen molar-refractivity contribution in [1.82, 2.24) is 0 Å². The van der Waals surface area contributed by atoms with Crippen molar-refractivity contribution in [1.29, 1.82) is 0 Å². The van der Waals surface area contributed by atoms with E-state index in [1.54, 1.807) is 0 Å². The molecule has 0 aliphatic carbocycles. The highest BCUT2D eigenvalue weighted by Crippen LogP contribution is 2.08. The molecule has 2 nitrogen and oxygen atoms in total. The second-order valence-corrected chi connectivity index (χ2v) is 5.75. The Morgan fingerprint density at radius 3 is 2.08 bits per heavy atom. The van der Waals surface area contributed by atoms with Crippen LogP contribution in [0.2, 0.25) is 6.04 Å². The van der Waals surface area contributed by atoms with Crippen LogP contribution in [0.25, 0.3) is 0 Å². The van der Waals surface area contributed by atoms with Gasteiger partial charge in [0.1, 0.15) is 0 Å². The molecule has 4 heteroatoms. The van der Waals surface area contributed by atoms with Crippen molar-refractivity contribution in [2.75, 3.05) is 13.2 Å². The third-order valence-corrected chi connectivity index (χ3v) is 4.00. The van der Waals surface area contributed by atoms with Crippen LogP contribution in [-0.2, 0) is 8.85 Å². The first-order valence-electron chi connectivity index (χ1n) is 4.62. The number of hydrogen-bond donors (Lipinski definition) is 1. The van der Waals surface area contributed by atoms with E-state index in [0.29, 0.717) is 5.25 Å². The third kappa shape index (κ3) is 7.15. The van der Waals surface area contributed by atoms with Gasteiger partial charge in [-0.3, -0.25) is 0 Å². The van der Waals surface area contributed by atoms with Gasteiger partial charge in [-0.15, -0.1) is 0 Å². The Labute approximate surface area is 82.9 Å². The summed E-state index contributed by atoms with van der Waals surface area (Å²) in [4.78, 5) is 0. The first kappa shape index (κ1) is 12.5. The molecule has 0 aliphatic heterocycles. The van der Waals surface area contributed by atoms with E-state index in [-0.39, 0.29) is 0 Å². The monoisotopic (exact) mass is 208 g/mol. The van der Waals surface area contributed by atoms with Gasteiger partial charge in [0.05, 0.1) is 0 Å². The van der Waals surface area contributed by atoms with Crippen LogP contribution in [0.5, 0.6) is 0 Å². The molecule has 0 bridgehead atoms. The smallest absolute Gasteiger partial charge is 0.321 e. The molecule has 1 unspecified atom stereocenters. The second kappa shape index (κ2) is 8.10. The molecule has 0 amide bonds. The Bertz CT molecular complexity index is 95.1. The van der Waals surface area contributed by atoms with Crippen molar-refractivity contribution in [2.24, 2.45) is 0 Å². The van der Waals surface area contributed by atoms with Crippen molar-refractivity contribution in [2.45, 2.75) is 38.5 Å². The van der Waals surface area contributed by atoms with Gasteiger partial charge in [-0.25, -0.2) is 0 Å². The normalized spacial score (nSPS) is 13.8. The average molecular weight is 208 g/mol. The molecule has 1 atom stereocenters. The summed E-state index contributed by atoms with van der Waals surface area (Å²) in [7, 11) is -1.34. The van der Waals surface area contributed by atoms with Crippen molar-refractivity contribution >= 4 is 21.9 Å². The fourth-order valence-electron chi connectivity index (χ4n) is 0.964. The Hall–Kier alpha value is 0.487. The molecule has 0 heterocycles. The SMILES string of the molecule is CCO[SiH](CCC(C)S)OCC. The molecular weight excluding hydrogens is 188 g/mol. The number of hydrogen-bond acceptors (Lipinski definition) is 3. The van der Waals surface area contributed by atoms with Crippen molar-refractivity contribution < 1.29 is 8.85 Å². The van der Waals surface area contributed by atoms with Gasteiger partial charge in [0, 0.05) is 13.2 Å². The van der Waals surface area contributed by atoms with Crippen LogP contribution in [0.3, 0.4) is 0 Å². The van der Waals surface area contributed by atoms with Gasteiger partial charge in [0.25, 0.3) is 0 Å². The highest BCUT2D eigenvalue weighted by molar-refractivity contribution is 7.80. The molecule has 0 spiro atoms. The summed E-state index contributed by atoms with van der Waals surface area (Å²) < 4.78 is 11.0. The third-order valence-electron chi connectivity index (χ3n) is 1.53. The highest BCUT2D eigenvalue weighted by Gasteiger charge is 2.12. The van der Waals surface area contributed by atoms with Crippen molar-refractivity contribution in [3.05, 3.63) is 0 Å². The first-order valence-corrected chi connectivity index (χ1v) is 6.89. The maximum atomic E-state index is 5.52. The summed E-state index contributed by atoms with van der Waals surface area (Å²) >= 11 is 4.32. The summed E-state index contributed by atoms with van der Waals surface area (Å²) in [5.41, 5.74) is 0. The Kier molecular flexibility index (Phi) is 8.43. The minimum atomic E-state index is -1.34. The fraction of sp³-hybridized carbons (Fsp3) is 1.00. The largest absolute Gasteiger partial charge is 0.397 e. The van der Waals surface area contributed by atoms with Crippen LogP contribution in [-0.4, -0.2) is 27.7 Å². The molecule has 0 radical (unpaired) electrons. The minimum Gasteiger partial charge on any atom is -0.397 e. The van der Waals surface area contributed by atoms with Crippen LogP contribution in [0.1, 0.15) is 27.2 Å². The van der Waals surface area contributed by atoms with Crippen LogP contribution >= 0.6 is 12.6 Å². The number of rotatable bonds is 7. The quantitative estimate of drug-likeness (QED) is 0.509. The van der Waals surface area contributed by atoms with Crippen LogP contribution in [0, 0.1) is 0 Å². The van der Waals surface area contributed by atoms with E-state index in [0.717, 1.165) is 25.7 Å². The molecule has 0 N–H and O–H groups in total. The lowest BCUT2D eigenvalue weighted by Gasteiger charge is -2.15. The molecule has 0 rings (SSSR count). The standard InChI is InChI=1S/C8H20O2SSi/c1-4-9-12(10-5-2)7-6-8(3)11/h8,11-12H,4-7H2,1-3H3. The maximum Gasteiger partial charge on any atom is 0.321 e. The summed E-state index contributed by atoms with van der Waals surface area (Å²) in [6.07, 6.45) is 1.10. The van der Waals surface area contributed by atoms with Gasteiger partial charge in [0.15, 0.2) is 0 Å². The molecule has 0 saturated heterocycles. The van der Waals surface area contributed by atoms with Crippen molar-refractivity contribution in [3.8, 4) is 0 Å². The van der Waals surface area contributed by atoms with E-state index in [1.807, 2.05) is 13.8 Å². The molecule has 0 fully saturated rings. The van der Waals surface area contributed by atoms with Crippen LogP contribution in [0.15, 0.2) is 0 Å². The van der Waals surface area contributed by atoms with Crippen LogP contribution in [0.4, 0.5) is 0 Å². The average Bonchev–Trinajstić information content (AvgIpc) is 2.01. The van der Waals surface area contributed by atoms with E-state index in [1.165, 1.54) is 0 Å². The zero-order chi connectivity index (χ0) is 9.40. The van der Waals surface area contributed by atoms with E-state index in [2.05, 4.69) is 19.6 Å². The van der Waals surface area contributed by atoms with Crippen LogP contribution < -0.4 is 0 Å². The zero-order valence-corrected chi connectivity index (χ0v) is 10.3. The van der Waals surface area contributed by atoms with Gasteiger partial charge in [-0.1, -0.05) is 6.92 Å². The lowest BCUT2D eigenvalue weighted by molar-refractivity contribution is 0.213. The number of thiol groups is 1. The van der Waals surface area contributed by atoms with E-state index < -0.39 is 9.28 Å². The predicted octanol–water partition coefficient (Wildman–Crippen LogP) is 1.99. The summed E-state index contributed by atoms with van der Waals surface area (Å²) in [6.45, 7) is 7.69. The van der Waals surface area contributed by atoms with Gasteiger partial charge in [0.2, 0.25) is 0 Å². The molecule has 12 heavy (non-hydrogen) atoms. The molecule has 0 aliphatic rings. The maximum absolute atomic E-state index is 5.52. The second-order valence-electron chi connectivity index (χ2n) is 2.77. The molecule has 0 aromatic carbocycles. The predicted molar refractivity (Wildman–Crippen MR) is 58.3 cm³/mol. The summed E-state index contributed by atoms with van der Waals surface area (Å²) in [6, 6.07) is 1.08. The fourth-order valence-corrected chi connectivity index (χ4v) is 3.34. The van der Waals surface area contributed by atoms with Crippen molar-refractivity contribution in [3.63, 3.8) is 0 Å². The first-order chi connectivity index (χ1) is 5.70. The Balaban J connectivity index is 3.48. The Morgan fingerprint density at radius 1 is 1.25 bits per heavy atom. The lowest BCUT2D eigenvalue weighted by atomic mass is 10.4. The topological polar surface area (TPSA) is 18.5 Å². The van der Waals surface area contributed by atoms with Gasteiger partial charge in [-0.05, 0) is 31.6 Å². The van der Waals surface area contributed by atoms with E-state index in [4.69, 9.17) is 8.85 Å². The van der Waals surface area contributed by atoms with E-state index >= 15 is 0 Å². The minimum absolute atomic E-state index is 0.459. The van der Waals surface area contributed by atoms with E-state index in [9.17, 15) is 0 Å².